The Labute approximate surface area is 130 Å². The lowest BCUT2D eigenvalue weighted by Gasteiger charge is -2.16. The Morgan fingerprint density at radius 1 is 1.18 bits per heavy atom. The first-order valence-corrected chi connectivity index (χ1v) is 7.23. The number of phenolic OH excluding ortho intramolecular Hbond substituents is 1. The molecular formula is C18H20O4. The number of carbonyl (C=O) groups excluding carboxylic acids is 1. The molecule has 116 valence electrons. The summed E-state index contributed by atoms with van der Waals surface area (Å²) in [6, 6.07) is 14.7. The van der Waals surface area contributed by atoms with E-state index in [1.807, 2.05) is 36.4 Å². The predicted octanol–water partition coefficient (Wildman–Crippen LogP) is 3.29. The number of ether oxygens (including phenoxy) is 2. The monoisotopic (exact) mass is 300 g/mol. The molecule has 2 aromatic rings. The van der Waals surface area contributed by atoms with Gasteiger partial charge in [0, 0.05) is 0 Å². The van der Waals surface area contributed by atoms with Gasteiger partial charge >= 0.3 is 5.97 Å². The van der Waals surface area contributed by atoms with Crippen molar-refractivity contribution in [2.45, 2.75) is 19.3 Å². The number of esters is 1. The van der Waals surface area contributed by atoms with E-state index in [-0.39, 0.29) is 11.7 Å². The molecule has 1 N–H and O–H groups in total. The Morgan fingerprint density at radius 2 is 1.91 bits per heavy atom. The van der Waals surface area contributed by atoms with Gasteiger partial charge in [0.1, 0.15) is 0 Å². The van der Waals surface area contributed by atoms with Crippen molar-refractivity contribution < 1.29 is 19.4 Å². The zero-order valence-electron chi connectivity index (χ0n) is 12.8. The van der Waals surface area contributed by atoms with Crippen LogP contribution in [0.4, 0.5) is 0 Å². The second-order valence-electron chi connectivity index (χ2n) is 4.93. The van der Waals surface area contributed by atoms with Gasteiger partial charge in [-0.15, -0.1) is 0 Å². The summed E-state index contributed by atoms with van der Waals surface area (Å²) in [5.41, 5.74) is 1.75. The van der Waals surface area contributed by atoms with E-state index in [4.69, 9.17) is 9.47 Å². The van der Waals surface area contributed by atoms with Crippen molar-refractivity contribution in [3.63, 3.8) is 0 Å². The normalized spacial score (nSPS) is 11.7. The Bertz CT molecular complexity index is 622. The molecule has 4 nitrogen and oxygen atoms in total. The summed E-state index contributed by atoms with van der Waals surface area (Å²) in [6.07, 6.45) is 0.459. The lowest BCUT2D eigenvalue weighted by atomic mass is 9.92. The second-order valence-corrected chi connectivity index (χ2v) is 4.93. The molecule has 22 heavy (non-hydrogen) atoms. The number of methoxy groups -OCH3 is 1. The van der Waals surface area contributed by atoms with Crippen LogP contribution >= 0.6 is 0 Å². The lowest BCUT2D eigenvalue weighted by Crippen LogP contribution is -2.18. The van der Waals surface area contributed by atoms with Gasteiger partial charge in [-0.1, -0.05) is 36.4 Å². The van der Waals surface area contributed by atoms with E-state index in [0.717, 1.165) is 11.1 Å². The smallest absolute Gasteiger partial charge is 0.313 e. The topological polar surface area (TPSA) is 55.8 Å². The van der Waals surface area contributed by atoms with Crippen LogP contribution in [0.1, 0.15) is 24.0 Å². The van der Waals surface area contributed by atoms with Crippen molar-refractivity contribution in [1.82, 2.24) is 0 Å². The van der Waals surface area contributed by atoms with Gasteiger partial charge in [0.2, 0.25) is 0 Å². The molecule has 0 saturated carbocycles. The summed E-state index contributed by atoms with van der Waals surface area (Å²) in [7, 11) is 1.50. The standard InChI is InChI=1S/C18H20O4/c1-3-22-18(20)15(14-7-5-4-6-8-14)11-13-9-10-17(21-2)16(19)12-13/h4-10,12,15,19H,3,11H2,1-2H3. The Hall–Kier alpha value is -2.49. The van der Waals surface area contributed by atoms with E-state index in [1.54, 1.807) is 19.1 Å². The van der Waals surface area contributed by atoms with E-state index < -0.39 is 5.92 Å². The van der Waals surface area contributed by atoms with Gasteiger partial charge in [0.05, 0.1) is 19.6 Å². The van der Waals surface area contributed by atoms with Gasteiger partial charge in [-0.2, -0.15) is 0 Å². The van der Waals surface area contributed by atoms with Gasteiger partial charge in [0.15, 0.2) is 11.5 Å². The Kier molecular flexibility index (Phi) is 5.42. The van der Waals surface area contributed by atoms with Crippen LogP contribution in [-0.4, -0.2) is 24.8 Å². The number of hydrogen-bond acceptors (Lipinski definition) is 4. The summed E-state index contributed by atoms with van der Waals surface area (Å²) < 4.78 is 10.2. The molecule has 0 radical (unpaired) electrons. The largest absolute Gasteiger partial charge is 0.504 e. The van der Waals surface area contributed by atoms with Crippen LogP contribution in [-0.2, 0) is 16.0 Å². The molecule has 0 saturated heterocycles. The van der Waals surface area contributed by atoms with E-state index in [0.29, 0.717) is 18.8 Å². The number of carbonyl (C=O) groups is 1. The first kappa shape index (κ1) is 15.9. The molecule has 0 aliphatic heterocycles. The molecule has 4 heteroatoms. The quantitative estimate of drug-likeness (QED) is 0.832. The minimum absolute atomic E-state index is 0.0654. The predicted molar refractivity (Wildman–Crippen MR) is 84.2 cm³/mol. The van der Waals surface area contributed by atoms with Crippen LogP contribution in [0.15, 0.2) is 48.5 Å². The van der Waals surface area contributed by atoms with Crippen LogP contribution in [0, 0.1) is 0 Å². The van der Waals surface area contributed by atoms with Crippen molar-refractivity contribution in [3.8, 4) is 11.5 Å². The Morgan fingerprint density at radius 3 is 2.50 bits per heavy atom. The highest BCUT2D eigenvalue weighted by molar-refractivity contribution is 5.78. The van der Waals surface area contributed by atoms with Crippen molar-refractivity contribution in [2.24, 2.45) is 0 Å². The molecular weight excluding hydrogens is 280 g/mol. The fraction of sp³-hybridized carbons (Fsp3) is 0.278. The third-order valence-corrected chi connectivity index (χ3v) is 3.46. The average molecular weight is 300 g/mol. The summed E-state index contributed by atoms with van der Waals surface area (Å²) in [5.74, 6) is -0.176. The van der Waals surface area contributed by atoms with Crippen molar-refractivity contribution in [1.29, 1.82) is 0 Å². The molecule has 1 unspecified atom stereocenters. The molecule has 0 fully saturated rings. The SMILES string of the molecule is CCOC(=O)C(Cc1ccc(OC)c(O)c1)c1ccccc1. The first-order chi connectivity index (χ1) is 10.7. The van der Waals surface area contributed by atoms with Crippen LogP contribution in [0.2, 0.25) is 0 Å². The third-order valence-electron chi connectivity index (χ3n) is 3.46. The minimum Gasteiger partial charge on any atom is -0.504 e. The minimum atomic E-state index is -0.394. The van der Waals surface area contributed by atoms with Crippen molar-refractivity contribution in [3.05, 3.63) is 59.7 Å². The van der Waals surface area contributed by atoms with Crippen LogP contribution in [0.5, 0.6) is 11.5 Å². The van der Waals surface area contributed by atoms with E-state index in [9.17, 15) is 9.90 Å². The van der Waals surface area contributed by atoms with E-state index in [1.165, 1.54) is 7.11 Å². The maximum Gasteiger partial charge on any atom is 0.313 e. The van der Waals surface area contributed by atoms with Crippen LogP contribution < -0.4 is 4.74 Å². The van der Waals surface area contributed by atoms with E-state index in [2.05, 4.69) is 0 Å². The van der Waals surface area contributed by atoms with Crippen LogP contribution in [0.3, 0.4) is 0 Å². The molecule has 2 aromatic carbocycles. The molecule has 0 aromatic heterocycles. The third kappa shape index (κ3) is 3.79. The Balaban J connectivity index is 2.26. The van der Waals surface area contributed by atoms with Gasteiger partial charge in [-0.05, 0) is 36.6 Å². The fourth-order valence-corrected chi connectivity index (χ4v) is 2.36. The summed E-state index contributed by atoms with van der Waals surface area (Å²) in [5, 5.41) is 9.88. The summed E-state index contributed by atoms with van der Waals surface area (Å²) in [4.78, 5) is 12.2. The van der Waals surface area contributed by atoms with Gasteiger partial charge < -0.3 is 14.6 Å². The van der Waals surface area contributed by atoms with Gasteiger partial charge in [-0.3, -0.25) is 4.79 Å². The zero-order chi connectivity index (χ0) is 15.9. The average Bonchev–Trinajstić information content (AvgIpc) is 2.54. The fourth-order valence-electron chi connectivity index (χ4n) is 2.36. The molecule has 0 spiro atoms. The summed E-state index contributed by atoms with van der Waals surface area (Å²) >= 11 is 0. The summed E-state index contributed by atoms with van der Waals surface area (Å²) in [6.45, 7) is 2.13. The molecule has 0 amide bonds. The number of rotatable bonds is 6. The molecule has 0 aliphatic rings. The maximum absolute atomic E-state index is 12.2. The number of phenols is 1. The molecule has 2 rings (SSSR count). The highest BCUT2D eigenvalue weighted by atomic mass is 16.5. The first-order valence-electron chi connectivity index (χ1n) is 7.23. The maximum atomic E-state index is 12.2. The zero-order valence-corrected chi connectivity index (χ0v) is 12.8. The molecule has 1 atom stereocenters. The molecule has 0 aliphatic carbocycles. The number of aromatic hydroxyl groups is 1. The molecule has 0 heterocycles. The van der Waals surface area contributed by atoms with Gasteiger partial charge in [0.25, 0.3) is 0 Å². The highest BCUT2D eigenvalue weighted by Gasteiger charge is 2.22. The highest BCUT2D eigenvalue weighted by Crippen LogP contribution is 2.29. The lowest BCUT2D eigenvalue weighted by molar-refractivity contribution is -0.144. The van der Waals surface area contributed by atoms with Crippen LogP contribution in [0.25, 0.3) is 0 Å². The second kappa shape index (κ2) is 7.50. The van der Waals surface area contributed by atoms with Crippen molar-refractivity contribution >= 4 is 5.97 Å². The van der Waals surface area contributed by atoms with Crippen molar-refractivity contribution in [2.75, 3.05) is 13.7 Å². The molecule has 0 bridgehead atoms. The van der Waals surface area contributed by atoms with E-state index >= 15 is 0 Å². The number of benzene rings is 2. The van der Waals surface area contributed by atoms with Gasteiger partial charge in [-0.25, -0.2) is 0 Å². The number of hydrogen-bond donors (Lipinski definition) is 1.